The zero-order chi connectivity index (χ0) is 17.6. The molecule has 0 aliphatic carbocycles. The second-order valence-electron chi connectivity index (χ2n) is 6.19. The number of allylic oxidation sites excluding steroid dienone is 1. The molecule has 0 unspecified atom stereocenters. The molecule has 0 atom stereocenters. The number of nitrogens with two attached hydrogens (primary N) is 1. The van der Waals surface area contributed by atoms with Crippen LogP contribution in [0.3, 0.4) is 0 Å². The molecule has 0 bridgehead atoms. The molecule has 2 heterocycles. The van der Waals surface area contributed by atoms with Gasteiger partial charge in [0.2, 0.25) is 0 Å². The summed E-state index contributed by atoms with van der Waals surface area (Å²) in [4.78, 5) is 17.4. The van der Waals surface area contributed by atoms with Crippen LogP contribution >= 0.6 is 0 Å². The highest BCUT2D eigenvalue weighted by molar-refractivity contribution is 5.85. The molecule has 0 amide bonds. The molecule has 6 nitrogen and oxygen atoms in total. The molecular formula is C19H17N3O3. The van der Waals surface area contributed by atoms with Gasteiger partial charge in [0.15, 0.2) is 11.5 Å². The van der Waals surface area contributed by atoms with Crippen LogP contribution in [0.15, 0.2) is 41.2 Å². The average Bonchev–Trinajstić information content (AvgIpc) is 2.59. The first-order valence-electron chi connectivity index (χ1n) is 8.06. The number of aromatic hydroxyl groups is 2. The lowest BCUT2D eigenvalue weighted by Gasteiger charge is -2.21. The van der Waals surface area contributed by atoms with E-state index in [1.807, 2.05) is 6.08 Å². The van der Waals surface area contributed by atoms with Crippen molar-refractivity contribution in [3.05, 3.63) is 58.1 Å². The number of nitrogen functional groups attached to an aromatic ring is 1. The van der Waals surface area contributed by atoms with Crippen LogP contribution in [-0.4, -0.2) is 19.8 Å². The number of fused-ring (bicyclic) bond motifs is 2. The molecule has 3 aromatic rings. The topological polar surface area (TPSA) is 101 Å². The molecular weight excluding hydrogens is 318 g/mol. The van der Waals surface area contributed by atoms with Crippen LogP contribution in [0, 0.1) is 0 Å². The van der Waals surface area contributed by atoms with E-state index in [-0.39, 0.29) is 17.1 Å². The zero-order valence-electron chi connectivity index (χ0n) is 13.4. The highest BCUT2D eigenvalue weighted by atomic mass is 16.3. The third-order valence-corrected chi connectivity index (χ3v) is 4.43. The molecule has 1 aromatic heterocycles. The summed E-state index contributed by atoms with van der Waals surface area (Å²) in [5.74, 6) is 0.283. The molecule has 0 radical (unpaired) electrons. The maximum absolute atomic E-state index is 12.8. The second-order valence-corrected chi connectivity index (χ2v) is 6.19. The van der Waals surface area contributed by atoms with E-state index in [2.05, 4.69) is 4.98 Å². The minimum Gasteiger partial charge on any atom is -0.504 e. The van der Waals surface area contributed by atoms with Crippen LogP contribution in [-0.2, 0) is 6.54 Å². The van der Waals surface area contributed by atoms with Gasteiger partial charge < -0.3 is 15.9 Å². The monoisotopic (exact) mass is 335 g/mol. The largest absolute Gasteiger partial charge is 0.504 e. The summed E-state index contributed by atoms with van der Waals surface area (Å²) < 4.78 is 1.69. The molecule has 4 rings (SSSR count). The summed E-state index contributed by atoms with van der Waals surface area (Å²) in [6, 6.07) is 9.75. The molecule has 0 fully saturated rings. The fourth-order valence-electron chi connectivity index (χ4n) is 3.20. The van der Waals surface area contributed by atoms with Gasteiger partial charge in [0.1, 0.15) is 5.82 Å². The molecule has 4 N–H and O–H groups in total. The third-order valence-electron chi connectivity index (χ3n) is 4.43. The number of aromatic nitrogens is 2. The number of anilines is 1. The number of hydrogen-bond acceptors (Lipinski definition) is 5. The number of phenolic OH excluding ortho intramolecular Hbond substituents is 2. The van der Waals surface area contributed by atoms with E-state index in [9.17, 15) is 15.0 Å². The minimum absolute atomic E-state index is 0.0702. The highest BCUT2D eigenvalue weighted by Gasteiger charge is 2.19. The Morgan fingerprint density at radius 1 is 1.12 bits per heavy atom. The van der Waals surface area contributed by atoms with Crippen molar-refractivity contribution in [2.45, 2.75) is 19.4 Å². The molecule has 0 spiro atoms. The summed E-state index contributed by atoms with van der Waals surface area (Å²) >= 11 is 0. The molecule has 25 heavy (non-hydrogen) atoms. The Bertz CT molecular complexity index is 1080. The Balaban J connectivity index is 1.91. The predicted octanol–water partition coefficient (Wildman–Crippen LogP) is 2.72. The van der Waals surface area contributed by atoms with Crippen LogP contribution < -0.4 is 11.3 Å². The summed E-state index contributed by atoms with van der Waals surface area (Å²) in [6.07, 6.45) is 3.50. The van der Waals surface area contributed by atoms with E-state index in [1.165, 1.54) is 12.1 Å². The van der Waals surface area contributed by atoms with E-state index < -0.39 is 0 Å². The van der Waals surface area contributed by atoms with Gasteiger partial charge in [0.05, 0.1) is 10.9 Å². The minimum atomic E-state index is -0.179. The van der Waals surface area contributed by atoms with Crippen LogP contribution in [0.5, 0.6) is 11.5 Å². The third kappa shape index (κ3) is 2.61. The van der Waals surface area contributed by atoms with Crippen molar-refractivity contribution in [1.82, 2.24) is 9.55 Å². The second kappa shape index (κ2) is 5.66. The number of rotatable bonds is 1. The molecule has 126 valence electrons. The summed E-state index contributed by atoms with van der Waals surface area (Å²) in [5.41, 5.74) is 8.55. The van der Waals surface area contributed by atoms with Crippen molar-refractivity contribution in [3.8, 4) is 11.5 Å². The van der Waals surface area contributed by atoms with E-state index in [4.69, 9.17) is 5.73 Å². The van der Waals surface area contributed by atoms with Gasteiger partial charge >= 0.3 is 0 Å². The predicted molar refractivity (Wildman–Crippen MR) is 97.3 cm³/mol. The molecule has 2 aromatic carbocycles. The molecule has 6 heteroatoms. The summed E-state index contributed by atoms with van der Waals surface area (Å²) in [6.45, 7) is 0.625. The van der Waals surface area contributed by atoms with Crippen LogP contribution in [0.4, 0.5) is 5.69 Å². The fourth-order valence-corrected chi connectivity index (χ4v) is 3.20. The number of hydrogen-bond donors (Lipinski definition) is 3. The van der Waals surface area contributed by atoms with Gasteiger partial charge in [-0.2, -0.15) is 0 Å². The standard InChI is InChI=1S/C19H17N3O3/c20-13-4-5-14-15(10-13)21-18-12(2-1-7-22(18)19(14)25)8-11-3-6-16(23)17(24)9-11/h3-6,8-10,23-24H,1-2,7,20H2. The van der Waals surface area contributed by atoms with Gasteiger partial charge in [-0.25, -0.2) is 4.98 Å². The molecule has 0 saturated carbocycles. The van der Waals surface area contributed by atoms with Crippen molar-refractivity contribution in [1.29, 1.82) is 0 Å². The number of phenols is 2. The van der Waals surface area contributed by atoms with Crippen molar-refractivity contribution in [2.24, 2.45) is 0 Å². The zero-order valence-corrected chi connectivity index (χ0v) is 13.4. The Morgan fingerprint density at radius 2 is 1.96 bits per heavy atom. The molecule has 1 aliphatic rings. The van der Waals surface area contributed by atoms with Crippen LogP contribution in [0.25, 0.3) is 22.6 Å². The quantitative estimate of drug-likeness (QED) is 0.469. The highest BCUT2D eigenvalue weighted by Crippen LogP contribution is 2.30. The van der Waals surface area contributed by atoms with Crippen molar-refractivity contribution in [3.63, 3.8) is 0 Å². The van der Waals surface area contributed by atoms with Gasteiger partial charge in [-0.3, -0.25) is 9.36 Å². The van der Waals surface area contributed by atoms with E-state index in [1.54, 1.807) is 28.8 Å². The van der Waals surface area contributed by atoms with Crippen LogP contribution in [0.2, 0.25) is 0 Å². The molecule has 1 aliphatic heterocycles. The lowest BCUT2D eigenvalue weighted by atomic mass is 10.0. The first-order chi connectivity index (χ1) is 12.0. The number of benzene rings is 2. The Hall–Kier alpha value is -3.28. The van der Waals surface area contributed by atoms with Crippen LogP contribution in [0.1, 0.15) is 24.2 Å². The Kier molecular flexibility index (Phi) is 3.46. The van der Waals surface area contributed by atoms with E-state index in [0.717, 1.165) is 24.0 Å². The van der Waals surface area contributed by atoms with Crippen molar-refractivity contribution >= 4 is 28.2 Å². The summed E-state index contributed by atoms with van der Waals surface area (Å²) in [5, 5.41) is 19.7. The first-order valence-corrected chi connectivity index (χ1v) is 8.06. The van der Waals surface area contributed by atoms with Crippen molar-refractivity contribution in [2.75, 3.05) is 5.73 Å². The van der Waals surface area contributed by atoms with Gasteiger partial charge in [0.25, 0.3) is 5.56 Å². The smallest absolute Gasteiger partial charge is 0.261 e. The Morgan fingerprint density at radius 3 is 2.76 bits per heavy atom. The average molecular weight is 335 g/mol. The van der Waals surface area contributed by atoms with E-state index >= 15 is 0 Å². The number of nitrogens with zero attached hydrogens (tertiary/aromatic N) is 2. The van der Waals surface area contributed by atoms with Gasteiger partial charge in [-0.05, 0) is 60.4 Å². The lowest BCUT2D eigenvalue weighted by molar-refractivity contribution is 0.403. The normalized spacial score (nSPS) is 15.4. The van der Waals surface area contributed by atoms with Gasteiger partial charge in [-0.1, -0.05) is 6.07 Å². The summed E-state index contributed by atoms with van der Waals surface area (Å²) in [7, 11) is 0. The van der Waals surface area contributed by atoms with Gasteiger partial charge in [-0.15, -0.1) is 0 Å². The van der Waals surface area contributed by atoms with Crippen molar-refractivity contribution < 1.29 is 10.2 Å². The SMILES string of the molecule is Nc1ccc2c(=O)n3c(nc2c1)C(=Cc1ccc(O)c(O)c1)CCC3. The fraction of sp³-hybridized carbons (Fsp3) is 0.158. The Labute approximate surface area is 143 Å². The lowest BCUT2D eigenvalue weighted by Crippen LogP contribution is -2.27. The maximum Gasteiger partial charge on any atom is 0.261 e. The maximum atomic E-state index is 12.8. The van der Waals surface area contributed by atoms with E-state index in [0.29, 0.717) is 29.0 Å². The van der Waals surface area contributed by atoms with Gasteiger partial charge in [0, 0.05) is 12.2 Å². The first kappa shape index (κ1) is 15.3. The molecule has 0 saturated heterocycles.